The second kappa shape index (κ2) is 7.95. The molecule has 2 aromatic rings. The van der Waals surface area contributed by atoms with Crippen LogP contribution in [0.3, 0.4) is 0 Å². The molecular formula is C17H21ClN4O3. The van der Waals surface area contributed by atoms with Crippen molar-refractivity contribution in [3.63, 3.8) is 0 Å². The van der Waals surface area contributed by atoms with E-state index in [1.807, 2.05) is 18.2 Å². The van der Waals surface area contributed by atoms with Crippen LogP contribution in [-0.2, 0) is 23.1 Å². The van der Waals surface area contributed by atoms with E-state index < -0.39 is 0 Å². The van der Waals surface area contributed by atoms with Crippen LogP contribution in [0.2, 0.25) is 5.02 Å². The molecule has 1 saturated heterocycles. The van der Waals surface area contributed by atoms with Crippen molar-refractivity contribution in [3.05, 3.63) is 46.5 Å². The molecule has 0 unspecified atom stereocenters. The zero-order valence-corrected chi connectivity index (χ0v) is 15.0. The lowest BCUT2D eigenvalue weighted by atomic mass is 10.1. The quantitative estimate of drug-likeness (QED) is 0.876. The molecule has 7 nitrogen and oxygen atoms in total. The first-order chi connectivity index (χ1) is 12.1. The first kappa shape index (κ1) is 17.8. The Balaban J connectivity index is 1.65. The van der Waals surface area contributed by atoms with E-state index in [-0.39, 0.29) is 18.1 Å². The van der Waals surface area contributed by atoms with Gasteiger partial charge in [-0.2, -0.15) is 5.10 Å². The zero-order valence-electron chi connectivity index (χ0n) is 14.2. The van der Waals surface area contributed by atoms with E-state index in [4.69, 9.17) is 21.1 Å². The Morgan fingerprint density at radius 1 is 1.52 bits per heavy atom. The van der Waals surface area contributed by atoms with Crippen LogP contribution in [0.4, 0.5) is 0 Å². The summed E-state index contributed by atoms with van der Waals surface area (Å²) in [7, 11) is 1.69. The lowest BCUT2D eigenvalue weighted by Gasteiger charge is -2.32. The summed E-state index contributed by atoms with van der Waals surface area (Å²) in [5.74, 6) is -0.282. The molecule has 2 aromatic heterocycles. The minimum Gasteiger partial charge on any atom is -0.379 e. The standard InChI is InChI=1S/C17H21ClN4O3/c1-11-15(18)16(22(2)21-11)17(23)20-13-10-24-8-6-14(13)25-9-12-5-3-4-7-19-12/h3-5,7,13-14H,6,8-10H2,1-2H3,(H,20,23)/t13-,14-/m1/s1. The van der Waals surface area contributed by atoms with E-state index in [2.05, 4.69) is 15.4 Å². The number of aryl methyl sites for hydroxylation is 2. The van der Waals surface area contributed by atoms with Gasteiger partial charge in [-0.3, -0.25) is 14.5 Å². The number of carbonyl (C=O) groups is 1. The fraction of sp³-hybridized carbons (Fsp3) is 0.471. The Bertz CT molecular complexity index is 735. The Hall–Kier alpha value is -1.96. The summed E-state index contributed by atoms with van der Waals surface area (Å²) in [6.07, 6.45) is 2.29. The monoisotopic (exact) mass is 364 g/mol. The first-order valence-corrected chi connectivity index (χ1v) is 8.53. The minimum absolute atomic E-state index is 0.146. The number of hydrogen-bond donors (Lipinski definition) is 1. The van der Waals surface area contributed by atoms with Gasteiger partial charge in [0.1, 0.15) is 5.69 Å². The summed E-state index contributed by atoms with van der Waals surface area (Å²) in [4.78, 5) is 16.9. The highest BCUT2D eigenvalue weighted by atomic mass is 35.5. The summed E-state index contributed by atoms with van der Waals surface area (Å²) in [6, 6.07) is 5.43. The molecule has 1 fully saturated rings. The Morgan fingerprint density at radius 2 is 2.36 bits per heavy atom. The molecule has 134 valence electrons. The summed E-state index contributed by atoms with van der Waals surface area (Å²) in [5, 5.41) is 7.50. The lowest BCUT2D eigenvalue weighted by Crippen LogP contribution is -2.50. The fourth-order valence-electron chi connectivity index (χ4n) is 2.84. The fourth-order valence-corrected chi connectivity index (χ4v) is 3.09. The number of amides is 1. The molecule has 3 rings (SSSR count). The van der Waals surface area contributed by atoms with Crippen molar-refractivity contribution in [2.24, 2.45) is 7.05 Å². The van der Waals surface area contributed by atoms with E-state index in [0.29, 0.717) is 42.7 Å². The SMILES string of the molecule is Cc1nn(C)c(C(=O)N[C@@H]2COCC[C@H]2OCc2ccccn2)c1Cl. The largest absolute Gasteiger partial charge is 0.379 e. The van der Waals surface area contributed by atoms with Gasteiger partial charge in [0.15, 0.2) is 0 Å². The van der Waals surface area contributed by atoms with Gasteiger partial charge in [0, 0.05) is 19.9 Å². The predicted octanol–water partition coefficient (Wildman–Crippen LogP) is 1.88. The van der Waals surface area contributed by atoms with E-state index in [9.17, 15) is 4.79 Å². The molecule has 25 heavy (non-hydrogen) atoms. The van der Waals surface area contributed by atoms with Crippen LogP contribution in [0.15, 0.2) is 24.4 Å². The maximum Gasteiger partial charge on any atom is 0.271 e. The molecule has 0 saturated carbocycles. The van der Waals surface area contributed by atoms with Gasteiger partial charge in [-0.15, -0.1) is 0 Å². The molecule has 0 radical (unpaired) electrons. The van der Waals surface area contributed by atoms with Gasteiger partial charge in [0.2, 0.25) is 0 Å². The minimum atomic E-state index is -0.282. The van der Waals surface area contributed by atoms with Crippen molar-refractivity contribution in [3.8, 4) is 0 Å². The number of halogens is 1. The topological polar surface area (TPSA) is 78.3 Å². The number of nitrogens with zero attached hydrogens (tertiary/aromatic N) is 3. The van der Waals surface area contributed by atoms with E-state index in [1.54, 1.807) is 20.2 Å². The number of carbonyl (C=O) groups excluding carboxylic acids is 1. The second-order valence-electron chi connectivity index (χ2n) is 5.99. The number of ether oxygens (including phenoxy) is 2. The molecule has 0 aromatic carbocycles. The number of nitrogens with one attached hydrogen (secondary N) is 1. The third kappa shape index (κ3) is 4.18. The summed E-state index contributed by atoms with van der Waals surface area (Å²) in [5.41, 5.74) is 1.81. The number of pyridine rings is 1. The molecular weight excluding hydrogens is 344 g/mol. The van der Waals surface area contributed by atoms with E-state index >= 15 is 0 Å². The molecule has 0 aliphatic carbocycles. The maximum absolute atomic E-state index is 12.6. The van der Waals surface area contributed by atoms with Gasteiger partial charge in [-0.25, -0.2) is 0 Å². The molecule has 1 amide bonds. The van der Waals surface area contributed by atoms with Crippen LogP contribution in [0.25, 0.3) is 0 Å². The highest BCUT2D eigenvalue weighted by Crippen LogP contribution is 2.20. The molecule has 8 heteroatoms. The molecule has 3 heterocycles. The van der Waals surface area contributed by atoms with Crippen molar-refractivity contribution in [2.45, 2.75) is 32.1 Å². The normalized spacial score (nSPS) is 20.4. The van der Waals surface area contributed by atoms with Gasteiger partial charge < -0.3 is 14.8 Å². The Morgan fingerprint density at radius 3 is 3.04 bits per heavy atom. The summed E-state index contributed by atoms with van der Waals surface area (Å²) >= 11 is 6.19. The van der Waals surface area contributed by atoms with Crippen molar-refractivity contribution < 1.29 is 14.3 Å². The van der Waals surface area contributed by atoms with Crippen molar-refractivity contribution >= 4 is 17.5 Å². The smallest absolute Gasteiger partial charge is 0.271 e. The van der Waals surface area contributed by atoms with Crippen molar-refractivity contribution in [2.75, 3.05) is 13.2 Å². The molecule has 1 aliphatic heterocycles. The third-order valence-corrected chi connectivity index (χ3v) is 4.60. The Kier molecular flexibility index (Phi) is 5.67. The molecule has 0 bridgehead atoms. The molecule has 1 N–H and O–H groups in total. The van der Waals surface area contributed by atoms with Crippen LogP contribution in [-0.4, -0.2) is 46.0 Å². The van der Waals surface area contributed by atoms with Crippen LogP contribution in [0.5, 0.6) is 0 Å². The van der Waals surface area contributed by atoms with Crippen LogP contribution in [0.1, 0.15) is 28.3 Å². The third-order valence-electron chi connectivity index (χ3n) is 4.15. The highest BCUT2D eigenvalue weighted by Gasteiger charge is 2.30. The van der Waals surface area contributed by atoms with Gasteiger partial charge in [-0.1, -0.05) is 17.7 Å². The maximum atomic E-state index is 12.6. The highest BCUT2D eigenvalue weighted by molar-refractivity contribution is 6.34. The number of hydrogen-bond acceptors (Lipinski definition) is 5. The average Bonchev–Trinajstić information content (AvgIpc) is 2.87. The average molecular weight is 365 g/mol. The molecule has 1 aliphatic rings. The van der Waals surface area contributed by atoms with Crippen molar-refractivity contribution in [1.29, 1.82) is 0 Å². The van der Waals surface area contributed by atoms with E-state index in [1.165, 1.54) is 4.68 Å². The molecule has 2 atom stereocenters. The summed E-state index contributed by atoms with van der Waals surface area (Å²) < 4.78 is 13.0. The predicted molar refractivity (Wildman–Crippen MR) is 92.5 cm³/mol. The Labute approximate surface area is 151 Å². The van der Waals surface area contributed by atoms with E-state index in [0.717, 1.165) is 5.69 Å². The van der Waals surface area contributed by atoms with Gasteiger partial charge >= 0.3 is 0 Å². The van der Waals surface area contributed by atoms with Crippen LogP contribution >= 0.6 is 11.6 Å². The number of rotatable bonds is 5. The molecule has 0 spiro atoms. The van der Waals surface area contributed by atoms with Gasteiger partial charge in [0.05, 0.1) is 41.8 Å². The van der Waals surface area contributed by atoms with Gasteiger partial charge in [0.25, 0.3) is 5.91 Å². The zero-order chi connectivity index (χ0) is 17.8. The summed E-state index contributed by atoms with van der Waals surface area (Å²) in [6.45, 7) is 3.16. The number of aromatic nitrogens is 3. The second-order valence-corrected chi connectivity index (χ2v) is 6.36. The van der Waals surface area contributed by atoms with Crippen LogP contribution < -0.4 is 5.32 Å². The van der Waals surface area contributed by atoms with Crippen LogP contribution in [0, 0.1) is 6.92 Å². The first-order valence-electron chi connectivity index (χ1n) is 8.15. The lowest BCUT2D eigenvalue weighted by molar-refractivity contribution is -0.0613. The van der Waals surface area contributed by atoms with Gasteiger partial charge in [-0.05, 0) is 25.5 Å². The van der Waals surface area contributed by atoms with Crippen molar-refractivity contribution in [1.82, 2.24) is 20.1 Å².